The van der Waals surface area contributed by atoms with Crippen molar-refractivity contribution in [2.24, 2.45) is 0 Å². The fraction of sp³-hybridized carbons (Fsp3) is 1.00. The van der Waals surface area contributed by atoms with Gasteiger partial charge >= 0.3 is 6.18 Å². The van der Waals surface area contributed by atoms with Crippen LogP contribution in [0.3, 0.4) is 0 Å². The molecule has 0 aromatic carbocycles. The molecule has 1 N–H and O–H groups in total. The van der Waals surface area contributed by atoms with Gasteiger partial charge < -0.3 is 14.6 Å². The summed E-state index contributed by atoms with van der Waals surface area (Å²) in [6, 6.07) is 0. The minimum Gasteiger partial charge on any atom is -0.391 e. The molecule has 0 bridgehead atoms. The van der Waals surface area contributed by atoms with Crippen LogP contribution in [-0.4, -0.2) is 44.3 Å². The molecule has 0 aromatic heterocycles. The Morgan fingerprint density at radius 2 is 2.00 bits per heavy atom. The molecule has 1 atom stereocenters. The lowest BCUT2D eigenvalue weighted by atomic mass is 10.2. The van der Waals surface area contributed by atoms with Crippen molar-refractivity contribution in [1.29, 1.82) is 0 Å². The van der Waals surface area contributed by atoms with E-state index in [0.717, 1.165) is 0 Å². The third-order valence-electron chi connectivity index (χ3n) is 1.46. The Labute approximate surface area is 80.8 Å². The van der Waals surface area contributed by atoms with E-state index in [2.05, 4.69) is 4.74 Å². The van der Waals surface area contributed by atoms with Gasteiger partial charge in [-0.3, -0.25) is 0 Å². The molecule has 0 rings (SSSR count). The molecule has 1 unspecified atom stereocenters. The fourth-order valence-corrected chi connectivity index (χ4v) is 0.857. The topological polar surface area (TPSA) is 38.7 Å². The Hall–Kier alpha value is -0.330. The van der Waals surface area contributed by atoms with Crippen LogP contribution in [0.1, 0.15) is 12.8 Å². The van der Waals surface area contributed by atoms with E-state index in [4.69, 9.17) is 9.84 Å². The summed E-state index contributed by atoms with van der Waals surface area (Å²) in [4.78, 5) is 0. The molecule has 0 heterocycles. The van der Waals surface area contributed by atoms with E-state index >= 15 is 0 Å². The van der Waals surface area contributed by atoms with Gasteiger partial charge in [-0.15, -0.1) is 0 Å². The van der Waals surface area contributed by atoms with E-state index in [1.54, 1.807) is 0 Å². The average molecular weight is 216 g/mol. The number of alkyl halides is 3. The number of hydrogen-bond donors (Lipinski definition) is 1. The van der Waals surface area contributed by atoms with Crippen molar-refractivity contribution in [2.45, 2.75) is 25.1 Å². The van der Waals surface area contributed by atoms with Crippen molar-refractivity contribution in [2.75, 3.05) is 26.9 Å². The molecule has 0 aliphatic rings. The van der Waals surface area contributed by atoms with Crippen LogP contribution in [0, 0.1) is 0 Å². The monoisotopic (exact) mass is 216 g/mol. The third-order valence-corrected chi connectivity index (χ3v) is 1.46. The maximum absolute atomic E-state index is 11.6. The molecular formula is C8H15F3O3. The summed E-state index contributed by atoms with van der Waals surface area (Å²) in [5.74, 6) is 0. The van der Waals surface area contributed by atoms with Gasteiger partial charge in [-0.25, -0.2) is 0 Å². The maximum atomic E-state index is 11.6. The number of rotatable bonds is 7. The smallest absolute Gasteiger partial charge is 0.391 e. The Morgan fingerprint density at radius 1 is 1.36 bits per heavy atom. The molecule has 0 aromatic rings. The Kier molecular flexibility index (Phi) is 6.86. The SMILES string of the molecule is COCCCC(O)COCC(F)(F)F. The van der Waals surface area contributed by atoms with Crippen molar-refractivity contribution in [3.05, 3.63) is 0 Å². The van der Waals surface area contributed by atoms with E-state index in [1.807, 2.05) is 0 Å². The first kappa shape index (κ1) is 13.7. The van der Waals surface area contributed by atoms with Crippen LogP contribution in [0.15, 0.2) is 0 Å². The van der Waals surface area contributed by atoms with Gasteiger partial charge in [0, 0.05) is 13.7 Å². The van der Waals surface area contributed by atoms with E-state index in [-0.39, 0.29) is 6.61 Å². The second kappa shape index (κ2) is 7.03. The Bertz CT molecular complexity index is 138. The quantitative estimate of drug-likeness (QED) is 0.653. The zero-order valence-electron chi connectivity index (χ0n) is 8.01. The fourth-order valence-electron chi connectivity index (χ4n) is 0.857. The minimum atomic E-state index is -4.33. The molecule has 0 aliphatic carbocycles. The Morgan fingerprint density at radius 3 is 2.50 bits per heavy atom. The van der Waals surface area contributed by atoms with Crippen LogP contribution in [0.5, 0.6) is 0 Å². The first-order valence-corrected chi connectivity index (χ1v) is 4.27. The molecule has 14 heavy (non-hydrogen) atoms. The number of methoxy groups -OCH3 is 1. The molecule has 0 saturated heterocycles. The second-order valence-corrected chi connectivity index (χ2v) is 2.92. The molecule has 0 aliphatic heterocycles. The van der Waals surface area contributed by atoms with Gasteiger partial charge in [0.05, 0.1) is 12.7 Å². The van der Waals surface area contributed by atoms with Crippen LogP contribution in [0.25, 0.3) is 0 Å². The molecule has 0 amide bonds. The maximum Gasteiger partial charge on any atom is 0.411 e. The second-order valence-electron chi connectivity index (χ2n) is 2.92. The molecule has 0 saturated carbocycles. The average Bonchev–Trinajstić information content (AvgIpc) is 2.02. The van der Waals surface area contributed by atoms with Crippen LogP contribution in [-0.2, 0) is 9.47 Å². The summed E-state index contributed by atoms with van der Waals surface area (Å²) in [6.45, 7) is -1.12. The predicted octanol–water partition coefficient (Wildman–Crippen LogP) is 1.35. The number of ether oxygens (including phenoxy) is 2. The zero-order valence-corrected chi connectivity index (χ0v) is 8.01. The van der Waals surface area contributed by atoms with Crippen molar-refractivity contribution >= 4 is 0 Å². The summed E-state index contributed by atoms with van der Waals surface area (Å²) in [6.07, 6.45) is -4.20. The van der Waals surface area contributed by atoms with E-state index < -0.39 is 18.9 Å². The molecule has 6 heteroatoms. The third kappa shape index (κ3) is 9.76. The molecule has 86 valence electrons. The van der Waals surface area contributed by atoms with Crippen LogP contribution in [0.4, 0.5) is 13.2 Å². The number of aliphatic hydroxyl groups is 1. The van der Waals surface area contributed by atoms with Gasteiger partial charge in [0.2, 0.25) is 0 Å². The van der Waals surface area contributed by atoms with Gasteiger partial charge in [-0.05, 0) is 12.8 Å². The predicted molar refractivity (Wildman–Crippen MR) is 44.0 cm³/mol. The lowest BCUT2D eigenvalue weighted by Crippen LogP contribution is -2.23. The first-order chi connectivity index (χ1) is 6.45. The highest BCUT2D eigenvalue weighted by atomic mass is 19.4. The van der Waals surface area contributed by atoms with Gasteiger partial charge in [-0.2, -0.15) is 13.2 Å². The largest absolute Gasteiger partial charge is 0.411 e. The molecular weight excluding hydrogens is 201 g/mol. The van der Waals surface area contributed by atoms with E-state index in [1.165, 1.54) is 7.11 Å². The lowest BCUT2D eigenvalue weighted by Gasteiger charge is -2.12. The van der Waals surface area contributed by atoms with Crippen LogP contribution in [0.2, 0.25) is 0 Å². The standard InChI is InChI=1S/C8H15F3O3/c1-13-4-2-3-7(12)5-14-6-8(9,10)11/h7,12H,2-6H2,1H3. The number of aliphatic hydroxyl groups excluding tert-OH is 1. The van der Waals surface area contributed by atoms with Gasteiger partial charge in [0.1, 0.15) is 6.61 Å². The summed E-state index contributed by atoms with van der Waals surface area (Å²) < 4.78 is 43.8. The van der Waals surface area contributed by atoms with Crippen molar-refractivity contribution in [1.82, 2.24) is 0 Å². The van der Waals surface area contributed by atoms with Crippen LogP contribution >= 0.6 is 0 Å². The van der Waals surface area contributed by atoms with Gasteiger partial charge in [-0.1, -0.05) is 0 Å². The van der Waals surface area contributed by atoms with Crippen molar-refractivity contribution in [3.63, 3.8) is 0 Å². The summed E-state index contributed by atoms with van der Waals surface area (Å²) in [7, 11) is 1.52. The summed E-state index contributed by atoms with van der Waals surface area (Å²) >= 11 is 0. The minimum absolute atomic E-state index is 0.288. The van der Waals surface area contributed by atoms with Crippen molar-refractivity contribution in [3.8, 4) is 0 Å². The molecule has 0 fully saturated rings. The van der Waals surface area contributed by atoms with Gasteiger partial charge in [0.15, 0.2) is 0 Å². The van der Waals surface area contributed by atoms with E-state index in [9.17, 15) is 13.2 Å². The van der Waals surface area contributed by atoms with E-state index in [0.29, 0.717) is 19.4 Å². The highest BCUT2D eigenvalue weighted by molar-refractivity contribution is 4.55. The molecule has 0 radical (unpaired) electrons. The summed E-state index contributed by atoms with van der Waals surface area (Å²) in [5.41, 5.74) is 0. The molecule has 3 nitrogen and oxygen atoms in total. The highest BCUT2D eigenvalue weighted by Gasteiger charge is 2.27. The number of halogens is 3. The van der Waals surface area contributed by atoms with Crippen LogP contribution < -0.4 is 0 Å². The Balaban J connectivity index is 3.31. The molecule has 0 spiro atoms. The van der Waals surface area contributed by atoms with Gasteiger partial charge in [0.25, 0.3) is 0 Å². The summed E-state index contributed by atoms with van der Waals surface area (Å²) in [5, 5.41) is 9.12. The zero-order chi connectivity index (χ0) is 11.0. The van der Waals surface area contributed by atoms with Crippen molar-refractivity contribution < 1.29 is 27.8 Å². The first-order valence-electron chi connectivity index (χ1n) is 4.27. The number of hydrogen-bond acceptors (Lipinski definition) is 3. The highest BCUT2D eigenvalue weighted by Crippen LogP contribution is 2.14. The normalized spacial score (nSPS) is 14.4. The lowest BCUT2D eigenvalue weighted by molar-refractivity contribution is -0.179.